The van der Waals surface area contributed by atoms with E-state index < -0.39 is 0 Å². The third kappa shape index (κ3) is 2.19. The van der Waals surface area contributed by atoms with E-state index in [0.717, 1.165) is 18.5 Å². The highest BCUT2D eigenvalue weighted by Gasteiger charge is 2.45. The minimum absolute atomic E-state index is 0.0606. The first kappa shape index (κ1) is 13.6. The predicted molar refractivity (Wildman–Crippen MR) is 70.5 cm³/mol. The molecule has 2 rings (SSSR count). The van der Waals surface area contributed by atoms with Crippen LogP contribution in [0.25, 0.3) is 0 Å². The maximum absolute atomic E-state index is 9.35. The Morgan fingerprint density at radius 1 is 1.33 bits per heavy atom. The van der Waals surface area contributed by atoms with Crippen LogP contribution in [0.5, 0.6) is 0 Å². The Kier molecular flexibility index (Phi) is 3.28. The highest BCUT2D eigenvalue weighted by molar-refractivity contribution is 5.19. The van der Waals surface area contributed by atoms with Gasteiger partial charge in [0.1, 0.15) is 0 Å². The van der Waals surface area contributed by atoms with Crippen molar-refractivity contribution in [3.05, 3.63) is 17.5 Å². The van der Waals surface area contributed by atoms with E-state index in [9.17, 15) is 10.2 Å². The molecule has 1 aromatic rings. The fourth-order valence-corrected chi connectivity index (χ4v) is 2.78. The van der Waals surface area contributed by atoms with Crippen LogP contribution in [0.1, 0.15) is 51.0 Å². The van der Waals surface area contributed by atoms with Gasteiger partial charge in [-0.3, -0.25) is 4.68 Å². The Hall–Kier alpha value is -0.870. The SMILES string of the molecule is Cc1cc(C(C)(C)C)n(C2CC(CO)(CO)C2)n1. The zero-order chi connectivity index (χ0) is 13.6. The van der Waals surface area contributed by atoms with Crippen molar-refractivity contribution in [1.29, 1.82) is 0 Å². The van der Waals surface area contributed by atoms with E-state index in [1.54, 1.807) is 0 Å². The van der Waals surface area contributed by atoms with Crippen LogP contribution in [0.3, 0.4) is 0 Å². The quantitative estimate of drug-likeness (QED) is 0.862. The normalized spacial score (nSPS) is 19.9. The summed E-state index contributed by atoms with van der Waals surface area (Å²) in [6, 6.07) is 2.45. The van der Waals surface area contributed by atoms with Gasteiger partial charge in [0.25, 0.3) is 0 Å². The van der Waals surface area contributed by atoms with Gasteiger partial charge in [0.05, 0.1) is 24.9 Å². The molecule has 1 heterocycles. The molecular formula is C14H24N2O2. The second-order valence-corrected chi connectivity index (χ2v) is 6.74. The molecule has 0 aliphatic heterocycles. The first-order chi connectivity index (χ1) is 8.31. The lowest BCUT2D eigenvalue weighted by Gasteiger charge is -2.46. The first-order valence-corrected chi connectivity index (χ1v) is 6.60. The summed E-state index contributed by atoms with van der Waals surface area (Å²) in [7, 11) is 0. The molecule has 2 N–H and O–H groups in total. The lowest BCUT2D eigenvalue weighted by molar-refractivity contribution is -0.0476. The predicted octanol–water partition coefficient (Wildman–Crippen LogP) is 1.79. The Balaban J connectivity index is 2.22. The molecule has 4 nitrogen and oxygen atoms in total. The number of hydrogen-bond acceptors (Lipinski definition) is 3. The Bertz CT molecular complexity index is 419. The highest BCUT2D eigenvalue weighted by Crippen LogP contribution is 2.48. The molecule has 1 saturated carbocycles. The molecular weight excluding hydrogens is 228 g/mol. The highest BCUT2D eigenvalue weighted by atomic mass is 16.3. The zero-order valence-corrected chi connectivity index (χ0v) is 11.8. The summed E-state index contributed by atoms with van der Waals surface area (Å²) in [6.45, 7) is 8.68. The van der Waals surface area contributed by atoms with Crippen LogP contribution in [0.15, 0.2) is 6.07 Å². The van der Waals surface area contributed by atoms with Crippen molar-refractivity contribution in [3.63, 3.8) is 0 Å². The van der Waals surface area contributed by atoms with Crippen LogP contribution in [-0.2, 0) is 5.41 Å². The monoisotopic (exact) mass is 252 g/mol. The second-order valence-electron chi connectivity index (χ2n) is 6.74. The minimum atomic E-state index is -0.292. The molecule has 1 aliphatic rings. The van der Waals surface area contributed by atoms with E-state index in [1.165, 1.54) is 5.69 Å². The van der Waals surface area contributed by atoms with Gasteiger partial charge in [0.15, 0.2) is 0 Å². The number of nitrogens with zero attached hydrogens (tertiary/aromatic N) is 2. The molecule has 0 amide bonds. The summed E-state index contributed by atoms with van der Waals surface area (Å²) in [4.78, 5) is 0. The van der Waals surface area contributed by atoms with Crippen LogP contribution in [-0.4, -0.2) is 33.2 Å². The van der Waals surface area contributed by atoms with E-state index in [4.69, 9.17) is 0 Å². The average molecular weight is 252 g/mol. The van der Waals surface area contributed by atoms with Crippen LogP contribution < -0.4 is 0 Å². The number of aromatic nitrogens is 2. The Morgan fingerprint density at radius 3 is 2.33 bits per heavy atom. The maximum Gasteiger partial charge on any atom is 0.0596 e. The van der Waals surface area contributed by atoms with Gasteiger partial charge in [-0.1, -0.05) is 20.8 Å². The smallest absolute Gasteiger partial charge is 0.0596 e. The van der Waals surface area contributed by atoms with Crippen molar-refractivity contribution in [2.75, 3.05) is 13.2 Å². The van der Waals surface area contributed by atoms with Crippen molar-refractivity contribution in [2.45, 2.75) is 52.0 Å². The average Bonchev–Trinajstić information content (AvgIpc) is 2.60. The van der Waals surface area contributed by atoms with E-state index >= 15 is 0 Å². The molecule has 0 saturated heterocycles. The third-order valence-electron chi connectivity index (χ3n) is 3.98. The first-order valence-electron chi connectivity index (χ1n) is 6.60. The third-order valence-corrected chi connectivity index (χ3v) is 3.98. The van der Waals surface area contributed by atoms with Crippen molar-refractivity contribution in [1.82, 2.24) is 9.78 Å². The summed E-state index contributed by atoms with van der Waals surface area (Å²) in [5.74, 6) is 0. The van der Waals surface area contributed by atoms with Crippen LogP contribution >= 0.6 is 0 Å². The van der Waals surface area contributed by atoms with Gasteiger partial charge in [0, 0.05) is 16.5 Å². The number of rotatable bonds is 3. The van der Waals surface area contributed by atoms with Gasteiger partial charge in [-0.05, 0) is 25.8 Å². The Labute approximate surface area is 109 Å². The number of aryl methyl sites for hydroxylation is 1. The van der Waals surface area contributed by atoms with Crippen molar-refractivity contribution in [3.8, 4) is 0 Å². The molecule has 1 aliphatic carbocycles. The van der Waals surface area contributed by atoms with Crippen molar-refractivity contribution >= 4 is 0 Å². The fourth-order valence-electron chi connectivity index (χ4n) is 2.78. The van der Waals surface area contributed by atoms with Gasteiger partial charge >= 0.3 is 0 Å². The van der Waals surface area contributed by atoms with Crippen LogP contribution in [0.4, 0.5) is 0 Å². The molecule has 4 heteroatoms. The largest absolute Gasteiger partial charge is 0.396 e. The van der Waals surface area contributed by atoms with Gasteiger partial charge in [-0.15, -0.1) is 0 Å². The van der Waals surface area contributed by atoms with Crippen LogP contribution in [0, 0.1) is 12.3 Å². The second kappa shape index (κ2) is 4.35. The van der Waals surface area contributed by atoms with E-state index in [0.29, 0.717) is 6.04 Å². The molecule has 0 unspecified atom stereocenters. The molecule has 0 radical (unpaired) electrons. The summed E-state index contributed by atoms with van der Waals surface area (Å²) < 4.78 is 2.10. The van der Waals surface area contributed by atoms with Gasteiger partial charge in [-0.25, -0.2) is 0 Å². The van der Waals surface area contributed by atoms with Crippen LogP contribution in [0.2, 0.25) is 0 Å². The van der Waals surface area contributed by atoms with Gasteiger partial charge < -0.3 is 10.2 Å². The number of hydrogen-bond donors (Lipinski definition) is 2. The molecule has 0 bridgehead atoms. The number of aliphatic hydroxyl groups excluding tert-OH is 2. The lowest BCUT2D eigenvalue weighted by Crippen LogP contribution is -2.45. The fraction of sp³-hybridized carbons (Fsp3) is 0.786. The summed E-state index contributed by atoms with van der Waals surface area (Å²) >= 11 is 0. The molecule has 102 valence electrons. The zero-order valence-electron chi connectivity index (χ0n) is 11.8. The Morgan fingerprint density at radius 2 is 1.89 bits per heavy atom. The van der Waals surface area contributed by atoms with E-state index in [1.807, 2.05) is 6.92 Å². The summed E-state index contributed by atoms with van der Waals surface area (Å²) in [5.41, 5.74) is 2.04. The minimum Gasteiger partial charge on any atom is -0.396 e. The lowest BCUT2D eigenvalue weighted by atomic mass is 9.66. The molecule has 1 fully saturated rings. The molecule has 0 atom stereocenters. The van der Waals surface area contributed by atoms with Crippen molar-refractivity contribution in [2.24, 2.45) is 5.41 Å². The molecule has 0 spiro atoms. The van der Waals surface area contributed by atoms with Gasteiger partial charge in [0.2, 0.25) is 0 Å². The van der Waals surface area contributed by atoms with Gasteiger partial charge in [-0.2, -0.15) is 5.10 Å². The standard InChI is InChI=1S/C14H24N2O2/c1-10-5-12(13(2,3)4)16(15-10)11-6-14(7-11,8-17)9-18/h5,11,17-18H,6-9H2,1-4H3. The molecule has 18 heavy (non-hydrogen) atoms. The summed E-state index contributed by atoms with van der Waals surface area (Å²) in [6.07, 6.45) is 1.62. The summed E-state index contributed by atoms with van der Waals surface area (Å²) in [5, 5.41) is 23.3. The molecule has 0 aromatic carbocycles. The topological polar surface area (TPSA) is 58.3 Å². The van der Waals surface area contributed by atoms with E-state index in [-0.39, 0.29) is 24.0 Å². The van der Waals surface area contributed by atoms with E-state index in [2.05, 4.69) is 36.6 Å². The number of aliphatic hydroxyl groups is 2. The maximum atomic E-state index is 9.35. The van der Waals surface area contributed by atoms with Crippen molar-refractivity contribution < 1.29 is 10.2 Å². The molecule has 1 aromatic heterocycles.